The van der Waals surface area contributed by atoms with E-state index in [1.165, 1.54) is 25.1 Å². The standard InChI is InChI=1S/C8H8Cl3NO3S2/c1-2-16(13,12-17(11,14)15)8-5-6(9)3-4-7(8)10/h3-5H,2H2,1H3/t16-/m1/s1. The minimum atomic E-state index is -4.25. The molecule has 0 amide bonds. The number of rotatable bonds is 3. The summed E-state index contributed by atoms with van der Waals surface area (Å²) in [6, 6.07) is 4.24. The van der Waals surface area contributed by atoms with Crippen LogP contribution in [0, 0.1) is 0 Å². The first kappa shape index (κ1) is 15.0. The number of hydrogen-bond donors (Lipinski definition) is 0. The second-order valence-corrected chi connectivity index (χ2v) is 8.72. The highest BCUT2D eigenvalue weighted by Gasteiger charge is 2.18. The van der Waals surface area contributed by atoms with Crippen molar-refractivity contribution in [3.8, 4) is 0 Å². The molecule has 1 rings (SSSR count). The van der Waals surface area contributed by atoms with Crippen LogP contribution in [0.1, 0.15) is 6.92 Å². The predicted molar refractivity (Wildman–Crippen MR) is 70.6 cm³/mol. The van der Waals surface area contributed by atoms with Crippen molar-refractivity contribution in [2.24, 2.45) is 3.77 Å². The summed E-state index contributed by atoms with van der Waals surface area (Å²) in [5.74, 6) is -0.0426. The van der Waals surface area contributed by atoms with Crippen molar-refractivity contribution in [2.75, 3.05) is 5.75 Å². The van der Waals surface area contributed by atoms with Crippen molar-refractivity contribution < 1.29 is 12.6 Å². The summed E-state index contributed by atoms with van der Waals surface area (Å²) >= 11 is 11.6. The molecule has 0 radical (unpaired) electrons. The van der Waals surface area contributed by atoms with Gasteiger partial charge in [0, 0.05) is 21.5 Å². The lowest BCUT2D eigenvalue weighted by Crippen LogP contribution is -2.06. The highest BCUT2D eigenvalue weighted by Crippen LogP contribution is 2.28. The van der Waals surface area contributed by atoms with Gasteiger partial charge in [0.1, 0.15) is 0 Å². The summed E-state index contributed by atoms with van der Waals surface area (Å²) in [5, 5.41) is 0.415. The summed E-state index contributed by atoms with van der Waals surface area (Å²) in [6.45, 7) is 1.52. The molecular weight excluding hydrogens is 329 g/mol. The van der Waals surface area contributed by atoms with Gasteiger partial charge in [0.2, 0.25) is 0 Å². The summed E-state index contributed by atoms with van der Waals surface area (Å²) in [4.78, 5) is 0.0680. The normalized spacial score (nSPS) is 15.3. The van der Waals surface area contributed by atoms with E-state index in [1.54, 1.807) is 0 Å². The van der Waals surface area contributed by atoms with Crippen LogP contribution in [0.25, 0.3) is 0 Å². The number of benzene rings is 1. The fourth-order valence-electron chi connectivity index (χ4n) is 1.11. The van der Waals surface area contributed by atoms with Crippen molar-refractivity contribution in [2.45, 2.75) is 11.8 Å². The lowest BCUT2D eigenvalue weighted by molar-refractivity contribution is 0.611. The molecule has 0 spiro atoms. The molecule has 0 bridgehead atoms. The first-order valence-electron chi connectivity index (χ1n) is 4.34. The summed E-state index contributed by atoms with van der Waals surface area (Å²) in [6.07, 6.45) is 0. The van der Waals surface area contributed by atoms with E-state index in [4.69, 9.17) is 33.9 Å². The average molecular weight is 337 g/mol. The van der Waals surface area contributed by atoms with Gasteiger partial charge in [0.05, 0.1) is 19.6 Å². The van der Waals surface area contributed by atoms with Crippen LogP contribution in [0.2, 0.25) is 10.0 Å². The number of halogens is 3. The van der Waals surface area contributed by atoms with E-state index in [0.717, 1.165) is 0 Å². The number of hydrogen-bond acceptors (Lipinski definition) is 3. The van der Waals surface area contributed by atoms with Crippen LogP contribution in [0.15, 0.2) is 26.9 Å². The maximum absolute atomic E-state index is 12.4. The van der Waals surface area contributed by atoms with Crippen molar-refractivity contribution in [1.82, 2.24) is 0 Å². The van der Waals surface area contributed by atoms with Gasteiger partial charge >= 0.3 is 9.24 Å². The zero-order valence-corrected chi connectivity index (χ0v) is 12.5. The second kappa shape index (κ2) is 5.32. The molecule has 9 heteroatoms. The van der Waals surface area contributed by atoms with Crippen LogP contribution < -0.4 is 0 Å². The first-order chi connectivity index (χ1) is 7.68. The molecule has 0 aliphatic heterocycles. The van der Waals surface area contributed by atoms with Crippen LogP contribution in [0.4, 0.5) is 0 Å². The predicted octanol–water partition coefficient (Wildman–Crippen LogP) is 3.32. The zero-order valence-electron chi connectivity index (χ0n) is 8.56. The van der Waals surface area contributed by atoms with E-state index >= 15 is 0 Å². The third kappa shape index (κ3) is 3.99. The van der Waals surface area contributed by atoms with Gasteiger partial charge in [0.15, 0.2) is 0 Å². The van der Waals surface area contributed by atoms with Crippen LogP contribution in [-0.4, -0.2) is 18.4 Å². The molecule has 0 heterocycles. The molecule has 0 aromatic heterocycles. The minimum Gasteiger partial charge on any atom is -0.244 e. The van der Waals surface area contributed by atoms with Crippen LogP contribution in [0.3, 0.4) is 0 Å². The van der Waals surface area contributed by atoms with Gasteiger partial charge in [-0.2, -0.15) is 8.42 Å². The Morgan fingerprint density at radius 1 is 1.24 bits per heavy atom. The van der Waals surface area contributed by atoms with Gasteiger partial charge in [-0.25, -0.2) is 4.21 Å². The van der Waals surface area contributed by atoms with E-state index in [1.807, 2.05) is 0 Å². The molecule has 0 N–H and O–H groups in total. The van der Waals surface area contributed by atoms with Gasteiger partial charge in [-0.3, -0.25) is 0 Å². The first-order valence-corrected chi connectivity index (χ1v) is 9.04. The van der Waals surface area contributed by atoms with Crippen LogP contribution in [0.5, 0.6) is 0 Å². The van der Waals surface area contributed by atoms with Crippen molar-refractivity contribution in [1.29, 1.82) is 0 Å². The molecule has 17 heavy (non-hydrogen) atoms. The Hall–Kier alpha value is -0.0100. The van der Waals surface area contributed by atoms with Crippen LogP contribution >= 0.6 is 33.9 Å². The highest BCUT2D eigenvalue weighted by atomic mass is 35.7. The van der Waals surface area contributed by atoms with Crippen molar-refractivity contribution >= 4 is 52.9 Å². The monoisotopic (exact) mass is 335 g/mol. The van der Waals surface area contributed by atoms with E-state index in [0.29, 0.717) is 0 Å². The van der Waals surface area contributed by atoms with E-state index < -0.39 is 19.0 Å². The molecule has 0 unspecified atom stereocenters. The molecule has 0 fully saturated rings. The second-order valence-electron chi connectivity index (χ2n) is 2.99. The van der Waals surface area contributed by atoms with E-state index in [9.17, 15) is 12.6 Å². The Kier molecular flexibility index (Phi) is 4.71. The maximum Gasteiger partial charge on any atom is 0.347 e. The Bertz CT molecular complexity index is 648. The minimum absolute atomic E-state index is 0.0426. The van der Waals surface area contributed by atoms with Crippen LogP contribution in [-0.2, 0) is 19.0 Å². The topological polar surface area (TPSA) is 63.6 Å². The molecule has 1 aromatic carbocycles. The third-order valence-corrected chi connectivity index (χ3v) is 6.50. The highest BCUT2D eigenvalue weighted by molar-refractivity contribution is 8.17. The SMILES string of the molecule is CC[S@](=O)(=NS(=O)(=O)Cl)c1cc(Cl)ccc1Cl. The lowest BCUT2D eigenvalue weighted by atomic mass is 10.4. The molecule has 0 saturated heterocycles. The Labute approximate surface area is 115 Å². The molecule has 4 nitrogen and oxygen atoms in total. The van der Waals surface area contributed by atoms with E-state index in [2.05, 4.69) is 3.77 Å². The van der Waals surface area contributed by atoms with Crippen molar-refractivity contribution in [3.05, 3.63) is 28.2 Å². The number of nitrogens with zero attached hydrogens (tertiary/aromatic N) is 1. The van der Waals surface area contributed by atoms with Gasteiger partial charge in [-0.05, 0) is 18.2 Å². The fourth-order valence-corrected chi connectivity index (χ4v) is 5.54. The molecule has 1 aromatic rings. The zero-order chi connectivity index (χ0) is 13.3. The molecule has 1 atom stereocenters. The van der Waals surface area contributed by atoms with Gasteiger partial charge in [-0.1, -0.05) is 33.9 Å². The quantitative estimate of drug-likeness (QED) is 0.795. The van der Waals surface area contributed by atoms with Gasteiger partial charge in [0.25, 0.3) is 0 Å². The smallest absolute Gasteiger partial charge is 0.244 e. The fraction of sp³-hybridized carbons (Fsp3) is 0.250. The molecule has 0 saturated carbocycles. The Morgan fingerprint density at radius 2 is 1.82 bits per heavy atom. The molecular formula is C8H8Cl3NO3S2. The Morgan fingerprint density at radius 3 is 2.29 bits per heavy atom. The third-order valence-electron chi connectivity index (χ3n) is 1.84. The lowest BCUT2D eigenvalue weighted by Gasteiger charge is -2.08. The summed E-state index contributed by atoms with van der Waals surface area (Å²) in [5.41, 5.74) is 0. The largest absolute Gasteiger partial charge is 0.347 e. The molecule has 0 aliphatic rings. The molecule has 0 aliphatic carbocycles. The Balaban J connectivity index is 3.64. The summed E-state index contributed by atoms with van der Waals surface area (Å²) < 4.78 is 37.4. The van der Waals surface area contributed by atoms with Gasteiger partial charge in [-0.15, -0.1) is 0 Å². The average Bonchev–Trinajstić information content (AvgIpc) is 2.19. The maximum atomic E-state index is 12.4. The summed E-state index contributed by atoms with van der Waals surface area (Å²) in [7, 11) is -2.49. The van der Waals surface area contributed by atoms with Crippen molar-refractivity contribution in [3.63, 3.8) is 0 Å². The van der Waals surface area contributed by atoms with Gasteiger partial charge < -0.3 is 0 Å². The molecule has 96 valence electrons. The van der Waals surface area contributed by atoms with E-state index in [-0.39, 0.29) is 20.7 Å².